The van der Waals surface area contributed by atoms with E-state index in [0.717, 1.165) is 20.8 Å². The first kappa shape index (κ1) is 12.4. The number of fused-ring (bicyclic) bond motifs is 1. The molecule has 3 rings (SSSR count). The Balaban J connectivity index is 1.99. The second-order valence-corrected chi connectivity index (χ2v) is 6.08. The summed E-state index contributed by atoms with van der Waals surface area (Å²) in [5.41, 5.74) is 4.07. The van der Waals surface area contributed by atoms with Gasteiger partial charge < -0.3 is 9.71 Å². The Kier molecular flexibility index (Phi) is 3.34. The number of nitrogens with one attached hydrogen (secondary N) is 2. The molecule has 0 spiro atoms. The van der Waals surface area contributed by atoms with E-state index >= 15 is 0 Å². The van der Waals surface area contributed by atoms with Crippen LogP contribution in [0.15, 0.2) is 34.2 Å². The Morgan fingerprint density at radius 2 is 2.37 bits per heavy atom. The summed E-state index contributed by atoms with van der Waals surface area (Å²) in [5, 5.41) is 10.4. The topological polar surface area (TPSA) is 64.5 Å². The van der Waals surface area contributed by atoms with Crippen LogP contribution < -0.4 is 4.72 Å². The van der Waals surface area contributed by atoms with E-state index in [4.69, 9.17) is 16.9 Å². The molecule has 94 valence electrons. The lowest BCUT2D eigenvalue weighted by Gasteiger charge is -2.06. The van der Waals surface area contributed by atoms with E-state index in [1.54, 1.807) is 35.3 Å². The van der Waals surface area contributed by atoms with Crippen LogP contribution in [-0.4, -0.2) is 9.97 Å². The van der Waals surface area contributed by atoms with Gasteiger partial charge in [0.1, 0.15) is 4.21 Å². The number of H-pyrrole nitrogens is 1. The molecule has 0 unspecified atom stereocenters. The quantitative estimate of drug-likeness (QED) is 0.709. The van der Waals surface area contributed by atoms with Gasteiger partial charge in [-0.05, 0) is 24.1 Å². The minimum absolute atomic E-state index is 0.554. The monoisotopic (exact) mass is 306 g/mol. The molecule has 2 aromatic heterocycles. The van der Waals surface area contributed by atoms with Crippen LogP contribution in [0.2, 0.25) is 5.02 Å². The molecule has 0 aliphatic heterocycles. The smallest absolute Gasteiger partial charge is 0.101 e. The number of hydrogen-bond acceptors (Lipinski definition) is 5. The van der Waals surface area contributed by atoms with Gasteiger partial charge in [-0.2, -0.15) is 5.26 Å². The summed E-state index contributed by atoms with van der Waals surface area (Å²) in [6.07, 6.45) is 3.49. The highest BCUT2D eigenvalue weighted by molar-refractivity contribution is 8.02. The minimum atomic E-state index is 0.554. The van der Waals surface area contributed by atoms with Gasteiger partial charge in [0.05, 0.1) is 39.6 Å². The Morgan fingerprint density at radius 1 is 1.47 bits per heavy atom. The molecular weight excluding hydrogens is 300 g/mol. The highest BCUT2D eigenvalue weighted by Gasteiger charge is 2.11. The van der Waals surface area contributed by atoms with Crippen LogP contribution in [0.3, 0.4) is 0 Å². The standard InChI is InChI=1S/C12H7ClN4S2/c13-8-4-16-12-9(2-1-7(3-14)11(8)12)17-19-10-5-15-6-18-10/h1-2,4-6,16-17H. The average Bonchev–Trinajstić information content (AvgIpc) is 3.07. The summed E-state index contributed by atoms with van der Waals surface area (Å²) in [4.78, 5) is 7.10. The maximum atomic E-state index is 9.09. The van der Waals surface area contributed by atoms with E-state index in [1.165, 1.54) is 11.9 Å². The first-order valence-electron chi connectivity index (χ1n) is 5.30. The number of nitrogens with zero attached hydrogens (tertiary/aromatic N) is 2. The molecule has 0 aliphatic rings. The summed E-state index contributed by atoms with van der Waals surface area (Å²) >= 11 is 9.14. The van der Waals surface area contributed by atoms with Crippen molar-refractivity contribution in [3.8, 4) is 6.07 Å². The second-order valence-electron chi connectivity index (χ2n) is 3.68. The molecule has 2 N–H and O–H groups in total. The lowest BCUT2D eigenvalue weighted by Crippen LogP contribution is -1.88. The van der Waals surface area contributed by atoms with Crippen molar-refractivity contribution in [2.24, 2.45) is 0 Å². The van der Waals surface area contributed by atoms with Crippen LogP contribution in [-0.2, 0) is 0 Å². The minimum Gasteiger partial charge on any atom is -0.358 e. The molecule has 4 nitrogen and oxygen atoms in total. The van der Waals surface area contributed by atoms with Crippen LogP contribution in [0.4, 0.5) is 5.69 Å². The van der Waals surface area contributed by atoms with Crippen LogP contribution >= 0.6 is 34.9 Å². The number of aromatic amines is 1. The van der Waals surface area contributed by atoms with Crippen molar-refractivity contribution >= 4 is 51.5 Å². The summed E-state index contributed by atoms with van der Waals surface area (Å²) < 4.78 is 4.31. The summed E-state index contributed by atoms with van der Waals surface area (Å²) in [7, 11) is 0. The Bertz CT molecular complexity index is 758. The SMILES string of the molecule is N#Cc1ccc(NSc2cncs2)c2[nH]cc(Cl)c12. The van der Waals surface area contributed by atoms with Crippen molar-refractivity contribution in [2.75, 3.05) is 4.72 Å². The number of hydrogen-bond donors (Lipinski definition) is 2. The lowest BCUT2D eigenvalue weighted by molar-refractivity contribution is 1.38. The van der Waals surface area contributed by atoms with Gasteiger partial charge in [0.2, 0.25) is 0 Å². The van der Waals surface area contributed by atoms with Gasteiger partial charge in [0.15, 0.2) is 0 Å². The number of halogens is 1. The predicted molar refractivity (Wildman–Crippen MR) is 79.6 cm³/mol. The number of anilines is 1. The van der Waals surface area contributed by atoms with E-state index in [1.807, 2.05) is 6.07 Å². The number of nitriles is 1. The molecule has 0 amide bonds. The normalized spacial score (nSPS) is 10.5. The average molecular weight is 307 g/mol. The first-order valence-corrected chi connectivity index (χ1v) is 7.38. The third-order valence-electron chi connectivity index (χ3n) is 2.58. The number of benzene rings is 1. The zero-order chi connectivity index (χ0) is 13.2. The van der Waals surface area contributed by atoms with Gasteiger partial charge in [0, 0.05) is 11.6 Å². The molecule has 0 saturated heterocycles. The molecule has 0 radical (unpaired) electrons. The fraction of sp³-hybridized carbons (Fsp3) is 0. The zero-order valence-corrected chi connectivity index (χ0v) is 11.9. The maximum Gasteiger partial charge on any atom is 0.101 e. The Morgan fingerprint density at radius 3 is 3.11 bits per heavy atom. The highest BCUT2D eigenvalue weighted by atomic mass is 35.5. The molecule has 0 aliphatic carbocycles. The highest BCUT2D eigenvalue weighted by Crippen LogP contribution is 2.34. The van der Waals surface area contributed by atoms with Crippen LogP contribution in [0.1, 0.15) is 5.56 Å². The third kappa shape index (κ3) is 2.28. The largest absolute Gasteiger partial charge is 0.358 e. The number of rotatable bonds is 3. The van der Waals surface area contributed by atoms with Crippen molar-refractivity contribution in [1.82, 2.24) is 9.97 Å². The molecule has 7 heteroatoms. The van der Waals surface area contributed by atoms with Gasteiger partial charge >= 0.3 is 0 Å². The molecule has 0 fully saturated rings. The predicted octanol–water partition coefficient (Wildman–Crippen LogP) is 4.27. The van der Waals surface area contributed by atoms with Gasteiger partial charge in [-0.15, -0.1) is 11.3 Å². The molecule has 19 heavy (non-hydrogen) atoms. The van der Waals surface area contributed by atoms with Gasteiger partial charge in [-0.3, -0.25) is 4.98 Å². The van der Waals surface area contributed by atoms with E-state index in [0.29, 0.717) is 10.6 Å². The fourth-order valence-electron chi connectivity index (χ4n) is 1.75. The van der Waals surface area contributed by atoms with E-state index in [2.05, 4.69) is 20.8 Å². The van der Waals surface area contributed by atoms with E-state index in [9.17, 15) is 0 Å². The van der Waals surface area contributed by atoms with E-state index < -0.39 is 0 Å². The van der Waals surface area contributed by atoms with Crippen molar-refractivity contribution in [3.05, 3.63) is 40.6 Å². The summed E-state index contributed by atoms with van der Waals surface area (Å²) in [6.45, 7) is 0. The molecular formula is C12H7ClN4S2. The van der Waals surface area contributed by atoms with Crippen LogP contribution in [0, 0.1) is 11.3 Å². The lowest BCUT2D eigenvalue weighted by atomic mass is 10.1. The third-order valence-corrected chi connectivity index (χ3v) is 4.61. The van der Waals surface area contributed by atoms with E-state index in [-0.39, 0.29) is 0 Å². The zero-order valence-electron chi connectivity index (χ0n) is 9.48. The molecule has 0 bridgehead atoms. The van der Waals surface area contributed by atoms with Gasteiger partial charge in [-0.1, -0.05) is 11.6 Å². The second kappa shape index (κ2) is 5.13. The molecule has 1 aromatic carbocycles. The van der Waals surface area contributed by atoms with Crippen molar-refractivity contribution in [1.29, 1.82) is 5.26 Å². The van der Waals surface area contributed by atoms with Gasteiger partial charge in [-0.25, -0.2) is 0 Å². The van der Waals surface area contributed by atoms with Gasteiger partial charge in [0.25, 0.3) is 0 Å². The number of thiazole rings is 1. The molecule has 0 atom stereocenters. The fourth-order valence-corrected chi connectivity index (χ4v) is 3.29. The maximum absolute atomic E-state index is 9.09. The van der Waals surface area contributed by atoms with Crippen molar-refractivity contribution in [3.63, 3.8) is 0 Å². The molecule has 0 saturated carbocycles. The van der Waals surface area contributed by atoms with Crippen molar-refractivity contribution in [2.45, 2.75) is 4.21 Å². The first-order chi connectivity index (χ1) is 9.29. The van der Waals surface area contributed by atoms with Crippen LogP contribution in [0.5, 0.6) is 0 Å². The Labute approximate surface area is 122 Å². The summed E-state index contributed by atoms with van der Waals surface area (Å²) in [5.74, 6) is 0. The molecule has 3 aromatic rings. The summed E-state index contributed by atoms with van der Waals surface area (Å²) in [6, 6.07) is 5.77. The van der Waals surface area contributed by atoms with Crippen LogP contribution in [0.25, 0.3) is 10.9 Å². The molecule has 2 heterocycles. The Hall–Kier alpha value is -1.68. The number of aromatic nitrogens is 2. The van der Waals surface area contributed by atoms with Crippen molar-refractivity contribution < 1.29 is 0 Å².